The summed E-state index contributed by atoms with van der Waals surface area (Å²) in [4.78, 5) is 10.9. The van der Waals surface area contributed by atoms with Gasteiger partial charge in [-0.3, -0.25) is 10.1 Å². The van der Waals surface area contributed by atoms with Crippen LogP contribution >= 0.6 is 0 Å². The summed E-state index contributed by atoms with van der Waals surface area (Å²) in [6.07, 6.45) is 1.84. The Labute approximate surface area is 117 Å². The van der Waals surface area contributed by atoms with E-state index in [-0.39, 0.29) is 17.0 Å². The first-order chi connectivity index (χ1) is 9.70. The predicted molar refractivity (Wildman–Crippen MR) is 78.1 cm³/mol. The van der Waals surface area contributed by atoms with E-state index in [1.165, 1.54) is 0 Å². The highest BCUT2D eigenvalue weighted by Crippen LogP contribution is 2.22. The van der Waals surface area contributed by atoms with Crippen LogP contribution in [-0.4, -0.2) is 12.0 Å². The zero-order chi connectivity index (χ0) is 14.4. The molecular weight excluding hydrogens is 254 g/mol. The first kappa shape index (κ1) is 13.8. The van der Waals surface area contributed by atoms with Crippen molar-refractivity contribution < 1.29 is 9.66 Å². The van der Waals surface area contributed by atoms with Gasteiger partial charge >= 0.3 is 0 Å². The summed E-state index contributed by atoms with van der Waals surface area (Å²) < 4.78 is 5.21. The van der Waals surface area contributed by atoms with Crippen molar-refractivity contribution in [1.29, 1.82) is 0 Å². The quantitative estimate of drug-likeness (QED) is 0.616. The summed E-state index contributed by atoms with van der Waals surface area (Å²) in [5.74, 6) is 0.625. The van der Waals surface area contributed by atoms with Crippen LogP contribution in [0.3, 0.4) is 0 Å². The van der Waals surface area contributed by atoms with Gasteiger partial charge in [0.15, 0.2) is 0 Å². The van der Waals surface area contributed by atoms with Crippen molar-refractivity contribution in [3.8, 4) is 5.75 Å². The van der Waals surface area contributed by atoms with Gasteiger partial charge in [-0.15, -0.1) is 0 Å². The van der Waals surface area contributed by atoms with Crippen LogP contribution in [0.1, 0.15) is 11.1 Å². The molecule has 20 heavy (non-hydrogen) atoms. The fraction of sp³-hybridized carbons (Fsp3) is 0.125. The minimum Gasteiger partial charge on any atom is -0.496 e. The summed E-state index contributed by atoms with van der Waals surface area (Å²) in [6, 6.07) is 16.6. The topological polar surface area (TPSA) is 52.4 Å². The Hall–Kier alpha value is -2.62. The molecule has 0 unspecified atom stereocenters. The Balaban J connectivity index is 2.33. The molecule has 0 heterocycles. The van der Waals surface area contributed by atoms with Crippen molar-refractivity contribution in [2.75, 3.05) is 7.11 Å². The first-order valence-electron chi connectivity index (χ1n) is 6.22. The molecule has 0 saturated carbocycles. The van der Waals surface area contributed by atoms with Crippen molar-refractivity contribution in [2.45, 2.75) is 6.42 Å². The molecule has 0 aliphatic carbocycles. The van der Waals surface area contributed by atoms with Gasteiger partial charge < -0.3 is 4.74 Å². The molecule has 0 radical (unpaired) electrons. The van der Waals surface area contributed by atoms with Crippen LogP contribution < -0.4 is 4.74 Å². The van der Waals surface area contributed by atoms with Crippen LogP contribution in [0.25, 0.3) is 6.08 Å². The average Bonchev–Trinajstić information content (AvgIpc) is 2.48. The lowest BCUT2D eigenvalue weighted by Crippen LogP contribution is -2.02. The maximum absolute atomic E-state index is 11.2. The molecule has 2 rings (SSSR count). The standard InChI is InChI=1S/C16H15NO3/c1-20-16-10-6-5-9-14(16)12-15(17(18)19)11-13-7-3-2-4-8-13/h2-10,12H,11H2,1H3. The van der Waals surface area contributed by atoms with Gasteiger partial charge in [0.2, 0.25) is 0 Å². The van der Waals surface area contributed by atoms with E-state index in [2.05, 4.69) is 0 Å². The van der Waals surface area contributed by atoms with Crippen LogP contribution in [-0.2, 0) is 6.42 Å². The van der Waals surface area contributed by atoms with E-state index < -0.39 is 0 Å². The van der Waals surface area contributed by atoms with E-state index in [4.69, 9.17) is 4.74 Å². The largest absolute Gasteiger partial charge is 0.496 e. The third-order valence-electron chi connectivity index (χ3n) is 2.92. The second kappa shape index (κ2) is 6.52. The van der Waals surface area contributed by atoms with Gasteiger partial charge in [-0.05, 0) is 11.6 Å². The molecular formula is C16H15NO3. The van der Waals surface area contributed by atoms with Gasteiger partial charge in [-0.25, -0.2) is 0 Å². The lowest BCUT2D eigenvalue weighted by Gasteiger charge is -2.04. The lowest BCUT2D eigenvalue weighted by atomic mass is 10.1. The SMILES string of the molecule is COc1ccccc1C=C(Cc1ccccc1)[N+](=O)[O-]. The molecule has 0 bridgehead atoms. The van der Waals surface area contributed by atoms with Crippen molar-refractivity contribution >= 4 is 6.08 Å². The first-order valence-corrected chi connectivity index (χ1v) is 6.22. The van der Waals surface area contributed by atoms with Gasteiger partial charge in [0.05, 0.1) is 18.5 Å². The molecule has 4 heteroatoms. The molecule has 0 fully saturated rings. The molecule has 0 aromatic heterocycles. The lowest BCUT2D eigenvalue weighted by molar-refractivity contribution is -0.425. The predicted octanol–water partition coefficient (Wildman–Crippen LogP) is 3.56. The number of ether oxygens (including phenoxy) is 1. The second-order valence-electron chi connectivity index (χ2n) is 4.30. The molecule has 0 atom stereocenters. The molecule has 0 aliphatic heterocycles. The average molecular weight is 269 g/mol. The van der Waals surface area contributed by atoms with Crippen LogP contribution in [0.15, 0.2) is 60.3 Å². The summed E-state index contributed by atoms with van der Waals surface area (Å²) >= 11 is 0. The smallest absolute Gasteiger partial charge is 0.251 e. The number of hydrogen-bond donors (Lipinski definition) is 0. The van der Waals surface area contributed by atoms with E-state index in [9.17, 15) is 10.1 Å². The van der Waals surface area contributed by atoms with Crippen molar-refractivity contribution in [2.24, 2.45) is 0 Å². The molecule has 0 amide bonds. The molecule has 0 spiro atoms. The Morgan fingerprint density at radius 1 is 1.15 bits per heavy atom. The van der Waals surface area contributed by atoms with Crippen LogP contribution in [0.2, 0.25) is 0 Å². The molecule has 102 valence electrons. The Bertz CT molecular complexity index is 621. The van der Waals surface area contributed by atoms with E-state index in [1.54, 1.807) is 25.3 Å². The summed E-state index contributed by atoms with van der Waals surface area (Å²) in [5.41, 5.74) is 1.75. The van der Waals surface area contributed by atoms with Gasteiger partial charge in [-0.1, -0.05) is 48.5 Å². The molecule has 2 aromatic rings. The highest BCUT2D eigenvalue weighted by atomic mass is 16.6. The number of hydrogen-bond acceptors (Lipinski definition) is 3. The molecule has 0 N–H and O–H groups in total. The number of allylic oxidation sites excluding steroid dienone is 1. The number of methoxy groups -OCH3 is 1. The summed E-state index contributed by atoms with van der Waals surface area (Å²) in [5, 5.41) is 11.2. The number of benzene rings is 2. The molecule has 2 aromatic carbocycles. The highest BCUT2D eigenvalue weighted by Gasteiger charge is 2.13. The van der Waals surface area contributed by atoms with E-state index in [0.717, 1.165) is 5.56 Å². The monoisotopic (exact) mass is 269 g/mol. The number of para-hydroxylation sites is 1. The van der Waals surface area contributed by atoms with E-state index in [1.807, 2.05) is 42.5 Å². The molecule has 0 aliphatic rings. The van der Waals surface area contributed by atoms with Crippen LogP contribution in [0, 0.1) is 10.1 Å². The number of rotatable bonds is 5. The van der Waals surface area contributed by atoms with Gasteiger partial charge in [0.25, 0.3) is 5.70 Å². The van der Waals surface area contributed by atoms with Crippen LogP contribution in [0.4, 0.5) is 0 Å². The maximum Gasteiger partial charge on any atom is 0.251 e. The zero-order valence-corrected chi connectivity index (χ0v) is 11.2. The Kier molecular flexibility index (Phi) is 4.50. The van der Waals surface area contributed by atoms with Crippen LogP contribution in [0.5, 0.6) is 5.75 Å². The normalized spacial score (nSPS) is 11.2. The minimum atomic E-state index is -0.348. The van der Waals surface area contributed by atoms with Gasteiger partial charge in [0.1, 0.15) is 5.75 Å². The minimum absolute atomic E-state index is 0.140. The number of nitrogens with zero attached hydrogens (tertiary/aromatic N) is 1. The van der Waals surface area contributed by atoms with E-state index in [0.29, 0.717) is 11.3 Å². The summed E-state index contributed by atoms with van der Waals surface area (Å²) in [7, 11) is 1.55. The second-order valence-corrected chi connectivity index (χ2v) is 4.30. The fourth-order valence-electron chi connectivity index (χ4n) is 1.94. The van der Waals surface area contributed by atoms with Crippen molar-refractivity contribution in [1.82, 2.24) is 0 Å². The summed E-state index contributed by atoms with van der Waals surface area (Å²) in [6.45, 7) is 0. The fourth-order valence-corrected chi connectivity index (χ4v) is 1.94. The maximum atomic E-state index is 11.2. The Morgan fingerprint density at radius 3 is 2.45 bits per heavy atom. The number of nitro groups is 1. The van der Waals surface area contributed by atoms with Gasteiger partial charge in [-0.2, -0.15) is 0 Å². The van der Waals surface area contributed by atoms with Crippen molar-refractivity contribution in [3.63, 3.8) is 0 Å². The van der Waals surface area contributed by atoms with E-state index >= 15 is 0 Å². The zero-order valence-electron chi connectivity index (χ0n) is 11.2. The third-order valence-corrected chi connectivity index (χ3v) is 2.92. The van der Waals surface area contributed by atoms with Crippen molar-refractivity contribution in [3.05, 3.63) is 81.5 Å². The molecule has 4 nitrogen and oxygen atoms in total. The van der Waals surface area contributed by atoms with Gasteiger partial charge in [0, 0.05) is 11.6 Å². The third kappa shape index (κ3) is 3.45. The highest BCUT2D eigenvalue weighted by molar-refractivity contribution is 5.58. The Morgan fingerprint density at radius 2 is 1.80 bits per heavy atom. The molecule has 0 saturated heterocycles.